The van der Waals surface area contributed by atoms with Crippen LogP contribution in [-0.4, -0.2) is 0 Å². The molecule has 0 aliphatic rings. The predicted molar refractivity (Wildman–Crippen MR) is 208 cm³/mol. The Kier molecular flexibility index (Phi) is 5.98. The molecule has 48 heavy (non-hydrogen) atoms. The van der Waals surface area contributed by atoms with E-state index in [4.69, 9.17) is 0 Å². The molecule has 0 heteroatoms. The van der Waals surface area contributed by atoms with Gasteiger partial charge in [-0.05, 0) is 116 Å². The molecule has 0 bridgehead atoms. The minimum Gasteiger partial charge on any atom is -0.0622 e. The molecule has 0 N–H and O–H groups in total. The summed E-state index contributed by atoms with van der Waals surface area (Å²) in [6.45, 7) is 0. The Morgan fingerprint density at radius 1 is 0.208 bits per heavy atom. The summed E-state index contributed by atoms with van der Waals surface area (Å²) in [6.07, 6.45) is 0. The molecular weight excluding hydrogens is 577 g/mol. The van der Waals surface area contributed by atoms with Gasteiger partial charge in [-0.3, -0.25) is 0 Å². The van der Waals surface area contributed by atoms with Crippen molar-refractivity contribution in [2.24, 2.45) is 0 Å². The van der Waals surface area contributed by atoms with Crippen molar-refractivity contribution in [3.63, 3.8) is 0 Å². The molecule has 0 heterocycles. The van der Waals surface area contributed by atoms with Gasteiger partial charge in [0.2, 0.25) is 0 Å². The molecule has 0 nitrogen and oxygen atoms in total. The summed E-state index contributed by atoms with van der Waals surface area (Å²) in [5, 5.41) is 15.3. The quantitative estimate of drug-likeness (QED) is 0.139. The molecule has 10 aromatic carbocycles. The fourth-order valence-corrected chi connectivity index (χ4v) is 8.10. The molecule has 0 aliphatic heterocycles. The summed E-state index contributed by atoms with van der Waals surface area (Å²) in [4.78, 5) is 0. The van der Waals surface area contributed by atoms with Crippen LogP contribution in [0.5, 0.6) is 0 Å². The summed E-state index contributed by atoms with van der Waals surface area (Å²) in [7, 11) is 0. The first-order valence-corrected chi connectivity index (χ1v) is 16.7. The van der Waals surface area contributed by atoms with Crippen LogP contribution >= 0.6 is 0 Å². The van der Waals surface area contributed by atoms with Crippen LogP contribution in [0.25, 0.3) is 98.0 Å². The van der Waals surface area contributed by atoms with Crippen molar-refractivity contribution in [2.75, 3.05) is 0 Å². The van der Waals surface area contributed by atoms with Crippen molar-refractivity contribution in [1.29, 1.82) is 0 Å². The van der Waals surface area contributed by atoms with E-state index in [1.165, 1.54) is 98.0 Å². The molecule has 0 fully saturated rings. The van der Waals surface area contributed by atoms with Crippen LogP contribution in [0.3, 0.4) is 0 Å². The van der Waals surface area contributed by atoms with E-state index in [0.29, 0.717) is 0 Å². The molecule has 0 atom stereocenters. The largest absolute Gasteiger partial charge is 0.0622 e. The Morgan fingerprint density at radius 2 is 0.625 bits per heavy atom. The fourth-order valence-electron chi connectivity index (χ4n) is 8.10. The third kappa shape index (κ3) is 4.03. The summed E-state index contributed by atoms with van der Waals surface area (Å²) in [5.41, 5.74) is 7.62. The maximum Gasteiger partial charge on any atom is -0.00199 e. The van der Waals surface area contributed by atoms with E-state index in [1.54, 1.807) is 0 Å². The standard InChI is InChI=1S/C48H30/c1-2-14-31(15-3-1)35-26-27-44(37-19-7-6-18-36(35)37)47-40-22-10-12-24-42(40)48(43-25-13-11-23-41(43)47)46-30-34-28-32-16-4-5-17-33(32)29-45(34)38-20-8-9-21-39(38)46/h1-30H. The van der Waals surface area contributed by atoms with Gasteiger partial charge >= 0.3 is 0 Å². The maximum absolute atomic E-state index is 2.43. The minimum absolute atomic E-state index is 1.24. The molecule has 0 amide bonds. The van der Waals surface area contributed by atoms with Crippen molar-refractivity contribution in [3.8, 4) is 33.4 Å². The normalized spacial score (nSPS) is 11.8. The molecule has 0 aromatic heterocycles. The fraction of sp³-hybridized carbons (Fsp3) is 0. The lowest BCUT2D eigenvalue weighted by Gasteiger charge is -2.21. The van der Waals surface area contributed by atoms with Crippen molar-refractivity contribution in [1.82, 2.24) is 0 Å². The zero-order valence-corrected chi connectivity index (χ0v) is 26.3. The van der Waals surface area contributed by atoms with Gasteiger partial charge in [-0.1, -0.05) is 164 Å². The number of fused-ring (bicyclic) bond motifs is 7. The first-order valence-electron chi connectivity index (χ1n) is 16.7. The van der Waals surface area contributed by atoms with Gasteiger partial charge in [-0.15, -0.1) is 0 Å². The average molecular weight is 607 g/mol. The highest BCUT2D eigenvalue weighted by Crippen LogP contribution is 2.48. The second kappa shape index (κ2) is 10.7. The number of hydrogen-bond acceptors (Lipinski definition) is 0. The van der Waals surface area contributed by atoms with E-state index in [-0.39, 0.29) is 0 Å². The summed E-state index contributed by atoms with van der Waals surface area (Å²) >= 11 is 0. The molecule has 0 radical (unpaired) electrons. The predicted octanol–water partition coefficient (Wildman–Crippen LogP) is 13.6. The molecule has 0 aliphatic carbocycles. The van der Waals surface area contributed by atoms with Gasteiger partial charge in [0, 0.05) is 0 Å². The van der Waals surface area contributed by atoms with Crippen LogP contribution in [0.2, 0.25) is 0 Å². The van der Waals surface area contributed by atoms with Gasteiger partial charge < -0.3 is 0 Å². The lowest BCUT2D eigenvalue weighted by atomic mass is 9.82. The first kappa shape index (κ1) is 26.9. The molecule has 10 rings (SSSR count). The van der Waals surface area contributed by atoms with Crippen LogP contribution in [0, 0.1) is 0 Å². The summed E-state index contributed by atoms with van der Waals surface area (Å²) in [6, 6.07) is 67.1. The van der Waals surface area contributed by atoms with Crippen LogP contribution in [-0.2, 0) is 0 Å². The molecular formula is C48H30. The highest BCUT2D eigenvalue weighted by molar-refractivity contribution is 6.27. The van der Waals surface area contributed by atoms with Crippen molar-refractivity contribution in [3.05, 3.63) is 182 Å². The van der Waals surface area contributed by atoms with E-state index in [0.717, 1.165) is 0 Å². The van der Waals surface area contributed by atoms with Gasteiger partial charge in [-0.2, -0.15) is 0 Å². The Labute approximate surface area is 279 Å². The Hall–Kier alpha value is -6.24. The summed E-state index contributed by atoms with van der Waals surface area (Å²) in [5.74, 6) is 0. The number of benzene rings is 10. The zero-order chi connectivity index (χ0) is 31.6. The van der Waals surface area contributed by atoms with E-state index in [2.05, 4.69) is 182 Å². The molecule has 10 aromatic rings. The molecule has 0 saturated heterocycles. The third-order valence-corrected chi connectivity index (χ3v) is 10.2. The molecule has 0 spiro atoms. The monoisotopic (exact) mass is 606 g/mol. The van der Waals surface area contributed by atoms with E-state index >= 15 is 0 Å². The Bertz CT molecular complexity index is 2820. The highest BCUT2D eigenvalue weighted by atomic mass is 14.2. The Balaban J connectivity index is 1.33. The van der Waals surface area contributed by atoms with Crippen LogP contribution in [0.4, 0.5) is 0 Å². The van der Waals surface area contributed by atoms with Crippen LogP contribution < -0.4 is 0 Å². The topological polar surface area (TPSA) is 0 Å². The maximum atomic E-state index is 2.43. The molecule has 0 unspecified atom stereocenters. The van der Waals surface area contributed by atoms with E-state index < -0.39 is 0 Å². The lowest BCUT2D eigenvalue weighted by molar-refractivity contribution is 1.64. The SMILES string of the molecule is c1ccc(-c2ccc(-c3c4ccccc4c(-c4cc5cc6ccccc6cc5c5ccccc45)c4ccccc34)c3ccccc23)cc1. The zero-order valence-electron chi connectivity index (χ0n) is 26.3. The average Bonchev–Trinajstić information content (AvgIpc) is 3.16. The first-order chi connectivity index (χ1) is 23.8. The van der Waals surface area contributed by atoms with Gasteiger partial charge in [-0.25, -0.2) is 0 Å². The molecule has 0 saturated carbocycles. The second-order valence-electron chi connectivity index (χ2n) is 12.8. The van der Waals surface area contributed by atoms with Gasteiger partial charge in [0.15, 0.2) is 0 Å². The van der Waals surface area contributed by atoms with Crippen molar-refractivity contribution < 1.29 is 0 Å². The third-order valence-electron chi connectivity index (χ3n) is 10.2. The van der Waals surface area contributed by atoms with Gasteiger partial charge in [0.1, 0.15) is 0 Å². The van der Waals surface area contributed by atoms with Gasteiger partial charge in [0.05, 0.1) is 0 Å². The van der Waals surface area contributed by atoms with E-state index in [1.807, 2.05) is 0 Å². The number of hydrogen-bond donors (Lipinski definition) is 0. The van der Waals surface area contributed by atoms with E-state index in [9.17, 15) is 0 Å². The Morgan fingerprint density at radius 3 is 1.23 bits per heavy atom. The minimum atomic E-state index is 1.24. The molecule has 222 valence electrons. The smallest absolute Gasteiger partial charge is 0.00199 e. The highest BCUT2D eigenvalue weighted by Gasteiger charge is 2.20. The van der Waals surface area contributed by atoms with Crippen LogP contribution in [0.1, 0.15) is 0 Å². The van der Waals surface area contributed by atoms with Crippen LogP contribution in [0.15, 0.2) is 182 Å². The van der Waals surface area contributed by atoms with Gasteiger partial charge in [0.25, 0.3) is 0 Å². The van der Waals surface area contributed by atoms with Crippen molar-refractivity contribution >= 4 is 64.6 Å². The lowest BCUT2D eigenvalue weighted by Crippen LogP contribution is -1.93. The summed E-state index contributed by atoms with van der Waals surface area (Å²) < 4.78 is 0. The second-order valence-corrected chi connectivity index (χ2v) is 12.8. The van der Waals surface area contributed by atoms with Crippen molar-refractivity contribution in [2.45, 2.75) is 0 Å². The number of rotatable bonds is 3.